The average Bonchev–Trinajstić information content (AvgIpc) is 2.72. The average molecular weight is 347 g/mol. The number of carbonyl (C=O) groups excluding carboxylic acids is 1. The van der Waals surface area contributed by atoms with Gasteiger partial charge in [0.1, 0.15) is 5.76 Å². The minimum atomic E-state index is 0.00607. The summed E-state index contributed by atoms with van der Waals surface area (Å²) in [6.07, 6.45) is 3.36. The summed E-state index contributed by atoms with van der Waals surface area (Å²) in [5, 5.41) is 0. The fourth-order valence-corrected chi connectivity index (χ4v) is 2.13. The molecule has 0 bridgehead atoms. The summed E-state index contributed by atoms with van der Waals surface area (Å²) >= 11 is 2.09. The van der Waals surface area contributed by atoms with Crippen LogP contribution in [-0.4, -0.2) is 36.6 Å². The van der Waals surface area contributed by atoms with Crippen molar-refractivity contribution in [2.75, 3.05) is 19.7 Å². The molecule has 0 N–H and O–H groups in total. The topological polar surface area (TPSA) is 42.7 Å². The van der Waals surface area contributed by atoms with Gasteiger partial charge in [-0.05, 0) is 47.7 Å². The Hall–Kier alpha value is -0.820. The molecule has 4 nitrogen and oxygen atoms in total. The Morgan fingerprint density at radius 3 is 3.06 bits per heavy atom. The van der Waals surface area contributed by atoms with Crippen LogP contribution in [0, 0.1) is 3.77 Å². The van der Waals surface area contributed by atoms with Gasteiger partial charge in [-0.1, -0.05) is 0 Å². The van der Waals surface area contributed by atoms with E-state index in [-0.39, 0.29) is 12.0 Å². The van der Waals surface area contributed by atoms with E-state index in [1.165, 1.54) is 0 Å². The number of hydrogen-bond donors (Lipinski definition) is 0. The Morgan fingerprint density at radius 1 is 1.59 bits per heavy atom. The number of ether oxygens (including phenoxy) is 1. The summed E-state index contributed by atoms with van der Waals surface area (Å²) < 4.78 is 11.5. The molecule has 2 rings (SSSR count). The summed E-state index contributed by atoms with van der Waals surface area (Å²) in [6, 6.07) is 3.70. The molecule has 1 saturated heterocycles. The molecule has 1 aliphatic rings. The van der Waals surface area contributed by atoms with E-state index in [1.54, 1.807) is 17.1 Å². The van der Waals surface area contributed by atoms with E-state index in [1.807, 2.05) is 19.1 Å². The van der Waals surface area contributed by atoms with Crippen molar-refractivity contribution in [1.82, 2.24) is 4.90 Å². The van der Waals surface area contributed by atoms with Crippen molar-refractivity contribution in [3.05, 3.63) is 27.7 Å². The molecular formula is C12H14INO3. The van der Waals surface area contributed by atoms with Crippen molar-refractivity contribution in [2.45, 2.75) is 13.0 Å². The number of halogens is 1. The lowest BCUT2D eigenvalue weighted by Crippen LogP contribution is -2.43. The molecule has 0 radical (unpaired) electrons. The Morgan fingerprint density at radius 2 is 2.41 bits per heavy atom. The first-order valence-corrected chi connectivity index (χ1v) is 6.57. The van der Waals surface area contributed by atoms with Gasteiger partial charge in [0.2, 0.25) is 5.91 Å². The van der Waals surface area contributed by atoms with E-state index in [0.717, 1.165) is 3.77 Å². The van der Waals surface area contributed by atoms with Gasteiger partial charge < -0.3 is 14.1 Å². The zero-order valence-corrected chi connectivity index (χ0v) is 11.7. The Labute approximate surface area is 114 Å². The lowest BCUT2D eigenvalue weighted by atomic mass is 10.3. The Balaban J connectivity index is 1.94. The van der Waals surface area contributed by atoms with Crippen LogP contribution in [0.15, 0.2) is 22.6 Å². The van der Waals surface area contributed by atoms with Gasteiger partial charge in [-0.2, -0.15) is 0 Å². The second-order valence-corrected chi connectivity index (χ2v) is 5.00. The number of hydrogen-bond acceptors (Lipinski definition) is 3. The standard InChI is InChI=1S/C12H14INO3/c1-9-8-14(6-7-16-9)12(15)5-3-10-2-4-11(13)17-10/h2-5,9H,6-8H2,1H3/b5-3+. The minimum absolute atomic E-state index is 0.00607. The van der Waals surface area contributed by atoms with Gasteiger partial charge >= 0.3 is 0 Å². The monoisotopic (exact) mass is 347 g/mol. The van der Waals surface area contributed by atoms with Crippen molar-refractivity contribution in [3.8, 4) is 0 Å². The summed E-state index contributed by atoms with van der Waals surface area (Å²) in [4.78, 5) is 13.7. The number of furan rings is 1. The molecule has 1 atom stereocenters. The first kappa shape index (κ1) is 12.6. The molecular weight excluding hydrogens is 333 g/mol. The molecule has 1 aliphatic heterocycles. The van der Waals surface area contributed by atoms with Gasteiger partial charge in [-0.3, -0.25) is 4.79 Å². The van der Waals surface area contributed by atoms with E-state index in [9.17, 15) is 4.79 Å². The molecule has 1 unspecified atom stereocenters. The maximum atomic E-state index is 11.9. The maximum Gasteiger partial charge on any atom is 0.246 e. The van der Waals surface area contributed by atoms with E-state index in [2.05, 4.69) is 22.6 Å². The number of nitrogens with zero attached hydrogens (tertiary/aromatic N) is 1. The zero-order valence-electron chi connectivity index (χ0n) is 9.56. The smallest absolute Gasteiger partial charge is 0.246 e. The van der Waals surface area contributed by atoms with Gasteiger partial charge in [0.15, 0.2) is 3.77 Å². The van der Waals surface area contributed by atoms with Crippen LogP contribution in [-0.2, 0) is 9.53 Å². The third kappa shape index (κ3) is 3.57. The second kappa shape index (κ2) is 5.68. The molecule has 0 saturated carbocycles. The number of rotatable bonds is 2. The van der Waals surface area contributed by atoms with Crippen LogP contribution in [0.25, 0.3) is 6.08 Å². The second-order valence-electron chi connectivity index (χ2n) is 3.94. The van der Waals surface area contributed by atoms with Crippen molar-refractivity contribution >= 4 is 34.6 Å². The van der Waals surface area contributed by atoms with Gasteiger partial charge in [0, 0.05) is 19.2 Å². The third-order valence-corrected chi connectivity index (χ3v) is 3.12. The largest absolute Gasteiger partial charge is 0.451 e. The van der Waals surface area contributed by atoms with Crippen LogP contribution < -0.4 is 0 Å². The highest BCUT2D eigenvalue weighted by Gasteiger charge is 2.19. The van der Waals surface area contributed by atoms with E-state index < -0.39 is 0 Å². The highest BCUT2D eigenvalue weighted by atomic mass is 127. The molecule has 17 heavy (non-hydrogen) atoms. The highest BCUT2D eigenvalue weighted by molar-refractivity contribution is 14.1. The lowest BCUT2D eigenvalue weighted by Gasteiger charge is -2.30. The quantitative estimate of drug-likeness (QED) is 0.608. The summed E-state index contributed by atoms with van der Waals surface area (Å²) in [5.41, 5.74) is 0. The lowest BCUT2D eigenvalue weighted by molar-refractivity contribution is -0.132. The van der Waals surface area contributed by atoms with Gasteiger partial charge in [0.25, 0.3) is 0 Å². The fourth-order valence-electron chi connectivity index (χ4n) is 1.70. The SMILES string of the molecule is CC1CN(C(=O)/C=C/c2ccc(I)o2)CCO1. The molecule has 2 heterocycles. The van der Waals surface area contributed by atoms with E-state index >= 15 is 0 Å². The molecule has 1 amide bonds. The van der Waals surface area contributed by atoms with Crippen LogP contribution in [0.1, 0.15) is 12.7 Å². The number of morpholine rings is 1. The van der Waals surface area contributed by atoms with Gasteiger partial charge in [0.05, 0.1) is 12.7 Å². The molecule has 1 fully saturated rings. The molecule has 0 aromatic carbocycles. The van der Waals surface area contributed by atoms with E-state index in [4.69, 9.17) is 9.15 Å². The van der Waals surface area contributed by atoms with Crippen molar-refractivity contribution in [1.29, 1.82) is 0 Å². The molecule has 0 aliphatic carbocycles. The molecule has 5 heteroatoms. The third-order valence-electron chi connectivity index (χ3n) is 2.54. The minimum Gasteiger partial charge on any atom is -0.451 e. The Kier molecular flexibility index (Phi) is 4.22. The predicted molar refractivity (Wildman–Crippen MR) is 72.5 cm³/mol. The Bertz CT molecular complexity index is 427. The summed E-state index contributed by atoms with van der Waals surface area (Å²) in [7, 11) is 0. The zero-order chi connectivity index (χ0) is 12.3. The molecule has 1 aromatic heterocycles. The first-order chi connectivity index (χ1) is 8.15. The number of carbonyl (C=O) groups is 1. The van der Waals surface area contributed by atoms with Crippen LogP contribution in [0.5, 0.6) is 0 Å². The molecule has 0 spiro atoms. The van der Waals surface area contributed by atoms with Crippen molar-refractivity contribution in [2.24, 2.45) is 0 Å². The normalized spacial score (nSPS) is 21.1. The van der Waals surface area contributed by atoms with Crippen LogP contribution in [0.2, 0.25) is 0 Å². The predicted octanol–water partition coefficient (Wildman–Crippen LogP) is 2.14. The number of amides is 1. The van der Waals surface area contributed by atoms with Crippen LogP contribution in [0.3, 0.4) is 0 Å². The van der Waals surface area contributed by atoms with Gasteiger partial charge in [-0.15, -0.1) is 0 Å². The first-order valence-electron chi connectivity index (χ1n) is 5.49. The van der Waals surface area contributed by atoms with Crippen molar-refractivity contribution in [3.63, 3.8) is 0 Å². The fraction of sp³-hybridized carbons (Fsp3) is 0.417. The summed E-state index contributed by atoms with van der Waals surface area (Å²) in [6.45, 7) is 3.89. The van der Waals surface area contributed by atoms with Crippen LogP contribution >= 0.6 is 22.6 Å². The van der Waals surface area contributed by atoms with Crippen molar-refractivity contribution < 1.29 is 13.9 Å². The van der Waals surface area contributed by atoms with E-state index in [0.29, 0.717) is 25.5 Å². The maximum absolute atomic E-state index is 11.9. The summed E-state index contributed by atoms with van der Waals surface area (Å²) in [5.74, 6) is 0.704. The van der Waals surface area contributed by atoms with Crippen LogP contribution in [0.4, 0.5) is 0 Å². The molecule has 92 valence electrons. The highest BCUT2D eigenvalue weighted by Crippen LogP contribution is 2.12. The van der Waals surface area contributed by atoms with Gasteiger partial charge in [-0.25, -0.2) is 0 Å². The molecule has 1 aromatic rings.